The van der Waals surface area contributed by atoms with Crippen LogP contribution in [-0.2, 0) is 24.1 Å². The first-order chi connectivity index (χ1) is 14.2. The maximum Gasteiger partial charge on any atom is 0.251 e. The Morgan fingerprint density at radius 3 is 2.97 bits per heavy atom. The molecule has 2 aliphatic heterocycles. The second-order valence-electron chi connectivity index (χ2n) is 8.73. The van der Waals surface area contributed by atoms with Crippen molar-refractivity contribution in [2.24, 2.45) is 5.92 Å². The topological polar surface area (TPSA) is 91.2 Å². The fourth-order valence-electron chi connectivity index (χ4n) is 5.62. The number of aliphatic hydroxyl groups excluding tert-OH is 1. The Morgan fingerprint density at radius 2 is 2.10 bits per heavy atom. The number of nitrogens with zero attached hydrogens (tertiary/aromatic N) is 3. The fourth-order valence-corrected chi connectivity index (χ4v) is 5.62. The van der Waals surface area contributed by atoms with Gasteiger partial charge in [0, 0.05) is 55.2 Å². The molecule has 3 aliphatic rings. The maximum atomic E-state index is 13.0. The van der Waals surface area contributed by atoms with Crippen molar-refractivity contribution in [1.29, 1.82) is 0 Å². The van der Waals surface area contributed by atoms with Gasteiger partial charge in [0.15, 0.2) is 0 Å². The highest BCUT2D eigenvalue weighted by atomic mass is 16.3. The second-order valence-corrected chi connectivity index (χ2v) is 8.73. The number of pyridine rings is 1. The lowest BCUT2D eigenvalue weighted by molar-refractivity contribution is -0.134. The number of H-pyrrole nitrogens is 1. The smallest absolute Gasteiger partial charge is 0.251 e. The number of carbonyl (C=O) groups excluding carboxylic acids is 1. The van der Waals surface area contributed by atoms with Gasteiger partial charge in [0.1, 0.15) is 0 Å². The molecule has 1 fully saturated rings. The number of aliphatic hydroxyl groups is 1. The van der Waals surface area contributed by atoms with Crippen LogP contribution >= 0.6 is 0 Å². The summed E-state index contributed by atoms with van der Waals surface area (Å²) >= 11 is 0. The number of carbonyl (C=O) groups is 1. The monoisotopic (exact) mass is 396 g/mol. The zero-order chi connectivity index (χ0) is 20.0. The number of nitrogens with one attached hydrogen (secondary N) is 1. The van der Waals surface area contributed by atoms with Crippen molar-refractivity contribution in [3.63, 3.8) is 0 Å². The molecular formula is C22H28N4O3. The Balaban J connectivity index is 1.31. The molecule has 2 N–H and O–H groups in total. The van der Waals surface area contributed by atoms with Crippen molar-refractivity contribution in [3.05, 3.63) is 51.2 Å². The van der Waals surface area contributed by atoms with Crippen LogP contribution < -0.4 is 5.56 Å². The first kappa shape index (κ1) is 18.6. The quantitative estimate of drug-likeness (QED) is 0.821. The predicted molar refractivity (Wildman–Crippen MR) is 108 cm³/mol. The SMILES string of the molecule is O=C(CCc1n[nH]c2c1CCCC2)N1C[C@H]2C[C@@H](C1)[C@H](CO)n1c2cccc1=O. The summed E-state index contributed by atoms with van der Waals surface area (Å²) in [4.78, 5) is 27.4. The summed E-state index contributed by atoms with van der Waals surface area (Å²) in [5, 5.41) is 17.6. The lowest BCUT2D eigenvalue weighted by Crippen LogP contribution is -2.51. The van der Waals surface area contributed by atoms with Gasteiger partial charge in [0.2, 0.25) is 5.91 Å². The molecule has 4 heterocycles. The van der Waals surface area contributed by atoms with E-state index in [-0.39, 0.29) is 36.0 Å². The summed E-state index contributed by atoms with van der Waals surface area (Å²) in [6.07, 6.45) is 6.59. The van der Waals surface area contributed by atoms with Crippen LogP contribution in [0.25, 0.3) is 0 Å². The van der Waals surface area contributed by atoms with Crippen molar-refractivity contribution in [2.45, 2.75) is 56.9 Å². The molecule has 1 saturated heterocycles. The molecule has 0 spiro atoms. The van der Waals surface area contributed by atoms with Crippen molar-refractivity contribution in [1.82, 2.24) is 19.7 Å². The summed E-state index contributed by atoms with van der Waals surface area (Å²) in [6, 6.07) is 5.06. The molecule has 3 atom stereocenters. The Hall–Kier alpha value is -2.41. The lowest BCUT2D eigenvalue weighted by atomic mass is 9.78. The number of aromatic nitrogens is 3. The highest BCUT2D eigenvalue weighted by molar-refractivity contribution is 5.76. The third-order valence-corrected chi connectivity index (χ3v) is 7.06. The van der Waals surface area contributed by atoms with Crippen LogP contribution in [0.5, 0.6) is 0 Å². The average molecular weight is 396 g/mol. The number of hydrogen-bond donors (Lipinski definition) is 2. The summed E-state index contributed by atoms with van der Waals surface area (Å²) < 4.78 is 1.76. The van der Waals surface area contributed by atoms with E-state index in [2.05, 4.69) is 10.2 Å². The molecule has 0 unspecified atom stereocenters. The Labute approximate surface area is 169 Å². The molecular weight excluding hydrogens is 368 g/mol. The zero-order valence-corrected chi connectivity index (χ0v) is 16.6. The molecule has 5 rings (SSSR count). The Kier molecular flexibility index (Phi) is 4.78. The van der Waals surface area contributed by atoms with Gasteiger partial charge in [-0.1, -0.05) is 6.07 Å². The molecule has 0 aromatic carbocycles. The number of aryl methyl sites for hydroxylation is 2. The van der Waals surface area contributed by atoms with Crippen LogP contribution in [0.2, 0.25) is 0 Å². The number of aromatic amines is 1. The standard InChI is InChI=1S/C22H28N4O3/c27-13-20-15-10-14(19-6-3-7-22(29)26(19)20)11-25(12-15)21(28)9-8-18-16-4-1-2-5-17(16)23-24-18/h3,6-7,14-15,20,27H,1-2,4-5,8-13H2,(H,23,24)/t14-,15+,20+/m1/s1. The van der Waals surface area contributed by atoms with Gasteiger partial charge in [-0.2, -0.15) is 5.10 Å². The second kappa shape index (κ2) is 7.44. The van der Waals surface area contributed by atoms with Crippen LogP contribution in [-0.4, -0.2) is 50.4 Å². The number of likely N-dealkylation sites (tertiary alicyclic amines) is 1. The lowest BCUT2D eigenvalue weighted by Gasteiger charge is -2.46. The third-order valence-electron chi connectivity index (χ3n) is 7.06. The van der Waals surface area contributed by atoms with E-state index in [0.29, 0.717) is 25.9 Å². The Bertz CT molecular complexity index is 979. The molecule has 2 aromatic heterocycles. The van der Waals surface area contributed by atoms with E-state index in [1.807, 2.05) is 11.0 Å². The molecule has 7 heteroatoms. The number of amides is 1. The van der Waals surface area contributed by atoms with Gasteiger partial charge in [-0.15, -0.1) is 0 Å². The first-order valence-corrected chi connectivity index (χ1v) is 10.8. The minimum Gasteiger partial charge on any atom is -0.394 e. The molecule has 2 bridgehead atoms. The molecule has 0 saturated carbocycles. The number of rotatable bonds is 4. The van der Waals surface area contributed by atoms with Crippen LogP contribution in [0.1, 0.15) is 60.3 Å². The molecule has 2 aromatic rings. The number of fused-ring (bicyclic) bond motifs is 5. The van der Waals surface area contributed by atoms with Gasteiger partial charge in [-0.05, 0) is 43.7 Å². The molecule has 154 valence electrons. The van der Waals surface area contributed by atoms with E-state index in [1.165, 1.54) is 24.1 Å². The number of hydrogen-bond acceptors (Lipinski definition) is 4. The Morgan fingerprint density at radius 1 is 1.24 bits per heavy atom. The van der Waals surface area contributed by atoms with E-state index in [1.54, 1.807) is 16.7 Å². The summed E-state index contributed by atoms with van der Waals surface area (Å²) in [6.45, 7) is 1.19. The van der Waals surface area contributed by atoms with Gasteiger partial charge < -0.3 is 14.6 Å². The van der Waals surface area contributed by atoms with Gasteiger partial charge in [0.05, 0.1) is 18.3 Å². The molecule has 29 heavy (non-hydrogen) atoms. The van der Waals surface area contributed by atoms with Crippen molar-refractivity contribution in [2.75, 3.05) is 19.7 Å². The normalized spacial score (nSPS) is 25.4. The van der Waals surface area contributed by atoms with E-state index < -0.39 is 0 Å². The summed E-state index contributed by atoms with van der Waals surface area (Å²) in [7, 11) is 0. The van der Waals surface area contributed by atoms with Crippen LogP contribution in [0, 0.1) is 5.92 Å². The van der Waals surface area contributed by atoms with Gasteiger partial charge >= 0.3 is 0 Å². The van der Waals surface area contributed by atoms with Crippen LogP contribution in [0.15, 0.2) is 23.0 Å². The van der Waals surface area contributed by atoms with Crippen LogP contribution in [0.4, 0.5) is 0 Å². The predicted octanol–water partition coefficient (Wildman–Crippen LogP) is 1.56. The minimum absolute atomic E-state index is 0.0562. The van der Waals surface area contributed by atoms with Gasteiger partial charge in [0.25, 0.3) is 5.56 Å². The zero-order valence-electron chi connectivity index (χ0n) is 16.6. The van der Waals surface area contributed by atoms with E-state index in [0.717, 1.165) is 30.7 Å². The van der Waals surface area contributed by atoms with E-state index in [9.17, 15) is 14.7 Å². The van der Waals surface area contributed by atoms with E-state index >= 15 is 0 Å². The molecule has 1 aliphatic carbocycles. The van der Waals surface area contributed by atoms with Crippen molar-refractivity contribution in [3.8, 4) is 0 Å². The maximum absolute atomic E-state index is 13.0. The van der Waals surface area contributed by atoms with Crippen LogP contribution in [0.3, 0.4) is 0 Å². The molecule has 1 amide bonds. The first-order valence-electron chi connectivity index (χ1n) is 10.8. The fraction of sp³-hybridized carbons (Fsp3) is 0.591. The van der Waals surface area contributed by atoms with Crippen molar-refractivity contribution < 1.29 is 9.90 Å². The summed E-state index contributed by atoms with van der Waals surface area (Å²) in [5.74, 6) is 0.427. The third kappa shape index (κ3) is 3.21. The number of piperidine rings is 1. The highest BCUT2D eigenvalue weighted by Gasteiger charge is 2.41. The molecule has 7 nitrogen and oxygen atoms in total. The van der Waals surface area contributed by atoms with Gasteiger partial charge in [-0.25, -0.2) is 0 Å². The minimum atomic E-state index is -0.246. The highest BCUT2D eigenvalue weighted by Crippen LogP contribution is 2.41. The largest absolute Gasteiger partial charge is 0.394 e. The van der Waals surface area contributed by atoms with Gasteiger partial charge in [-0.3, -0.25) is 14.7 Å². The summed E-state index contributed by atoms with van der Waals surface area (Å²) in [5.41, 5.74) is 4.52. The average Bonchev–Trinajstić information content (AvgIpc) is 3.16. The molecule has 0 radical (unpaired) electrons. The van der Waals surface area contributed by atoms with E-state index in [4.69, 9.17) is 0 Å². The van der Waals surface area contributed by atoms with Crippen molar-refractivity contribution >= 4 is 5.91 Å².